The lowest BCUT2D eigenvalue weighted by Gasteiger charge is -2.23. The van der Waals surface area contributed by atoms with Crippen molar-refractivity contribution in [3.05, 3.63) is 67.6 Å². The lowest BCUT2D eigenvalue weighted by Crippen LogP contribution is -2.25. The Morgan fingerprint density at radius 2 is 1.94 bits per heavy atom. The minimum atomic E-state index is -0.157. The minimum absolute atomic E-state index is 0.0131. The first kappa shape index (κ1) is 24.0. The molecule has 0 bridgehead atoms. The van der Waals surface area contributed by atoms with Gasteiger partial charge in [0.2, 0.25) is 0 Å². The number of ether oxygens (including phenoxy) is 1. The fourth-order valence-corrected chi connectivity index (χ4v) is 5.06. The Kier molecular flexibility index (Phi) is 7.25. The molecule has 0 atom stereocenters. The van der Waals surface area contributed by atoms with Crippen molar-refractivity contribution >= 4 is 44.6 Å². The van der Waals surface area contributed by atoms with Crippen molar-refractivity contribution in [2.75, 3.05) is 6.61 Å². The van der Waals surface area contributed by atoms with Crippen LogP contribution >= 0.6 is 27.5 Å². The Labute approximate surface area is 208 Å². The average Bonchev–Trinajstić information content (AvgIpc) is 2.77. The number of rotatable bonds is 5. The fraction of sp³-hybridized carbons (Fsp3) is 0.423. The van der Waals surface area contributed by atoms with E-state index in [4.69, 9.17) is 21.3 Å². The molecule has 0 unspecified atom stereocenters. The van der Waals surface area contributed by atoms with E-state index in [1.165, 1.54) is 11.1 Å². The number of halogens is 2. The van der Waals surface area contributed by atoms with Gasteiger partial charge >= 0.3 is 0 Å². The molecule has 4 rings (SSSR count). The smallest absolute Gasteiger partial charge is 0.282 e. The van der Waals surface area contributed by atoms with Crippen molar-refractivity contribution in [2.24, 2.45) is 10.5 Å². The Morgan fingerprint density at radius 1 is 1.21 bits per heavy atom. The molecular formula is C26H29BrClN3O2. The van der Waals surface area contributed by atoms with Crippen molar-refractivity contribution in [2.45, 2.75) is 58.8 Å². The van der Waals surface area contributed by atoms with Crippen LogP contribution in [0.15, 0.2) is 50.8 Å². The molecule has 0 radical (unpaired) electrons. The van der Waals surface area contributed by atoms with E-state index in [0.29, 0.717) is 33.8 Å². The second-order valence-corrected chi connectivity index (χ2v) is 11.1. The highest BCUT2D eigenvalue weighted by molar-refractivity contribution is 9.10. The molecular weight excluding hydrogens is 502 g/mol. The molecule has 2 aromatic carbocycles. The average molecular weight is 531 g/mol. The Balaban J connectivity index is 1.81. The second-order valence-electron chi connectivity index (χ2n) is 9.84. The van der Waals surface area contributed by atoms with Gasteiger partial charge in [0.1, 0.15) is 11.6 Å². The minimum Gasteiger partial charge on any atom is -0.491 e. The molecule has 1 saturated carbocycles. The van der Waals surface area contributed by atoms with E-state index in [2.05, 4.69) is 41.8 Å². The quantitative estimate of drug-likeness (QED) is 0.329. The zero-order valence-corrected chi connectivity index (χ0v) is 21.6. The number of fused-ring (bicyclic) bond motifs is 1. The maximum absolute atomic E-state index is 13.4. The largest absolute Gasteiger partial charge is 0.491 e. The molecule has 1 aromatic heterocycles. The van der Waals surface area contributed by atoms with Crippen molar-refractivity contribution in [3.63, 3.8) is 0 Å². The summed E-state index contributed by atoms with van der Waals surface area (Å²) >= 11 is 9.89. The second kappa shape index (κ2) is 9.98. The number of nitrogens with zero attached hydrogens (tertiary/aromatic N) is 3. The topological polar surface area (TPSA) is 56.5 Å². The summed E-state index contributed by atoms with van der Waals surface area (Å²) in [5, 5.41) is 5.76. The van der Waals surface area contributed by atoms with E-state index < -0.39 is 0 Å². The van der Waals surface area contributed by atoms with Crippen LogP contribution in [0.3, 0.4) is 0 Å². The third-order valence-corrected chi connectivity index (χ3v) is 6.56. The molecule has 1 heterocycles. The van der Waals surface area contributed by atoms with Crippen LogP contribution in [0.4, 0.5) is 0 Å². The van der Waals surface area contributed by atoms with E-state index in [9.17, 15) is 4.79 Å². The van der Waals surface area contributed by atoms with Gasteiger partial charge in [0.15, 0.2) is 0 Å². The molecule has 1 fully saturated rings. The first-order valence-electron chi connectivity index (χ1n) is 11.4. The van der Waals surface area contributed by atoms with Gasteiger partial charge in [0, 0.05) is 16.5 Å². The molecule has 0 spiro atoms. The monoisotopic (exact) mass is 529 g/mol. The summed E-state index contributed by atoms with van der Waals surface area (Å²) in [4.78, 5) is 18.3. The summed E-state index contributed by atoms with van der Waals surface area (Å²) in [5.41, 5.74) is 1.25. The van der Waals surface area contributed by atoms with Crippen LogP contribution in [0.25, 0.3) is 10.9 Å². The van der Waals surface area contributed by atoms with Crippen molar-refractivity contribution < 1.29 is 4.74 Å². The van der Waals surface area contributed by atoms with Gasteiger partial charge in [-0.25, -0.2) is 4.98 Å². The first-order chi connectivity index (χ1) is 15.7. The maximum Gasteiger partial charge on any atom is 0.282 e. The molecule has 0 aliphatic heterocycles. The van der Waals surface area contributed by atoms with Crippen molar-refractivity contribution in [3.8, 4) is 5.75 Å². The van der Waals surface area contributed by atoms with Crippen LogP contribution in [-0.4, -0.2) is 22.5 Å². The van der Waals surface area contributed by atoms with Gasteiger partial charge < -0.3 is 4.74 Å². The van der Waals surface area contributed by atoms with Crippen molar-refractivity contribution in [1.29, 1.82) is 0 Å². The Morgan fingerprint density at radius 3 is 2.67 bits per heavy atom. The predicted molar refractivity (Wildman–Crippen MR) is 139 cm³/mol. The van der Waals surface area contributed by atoms with E-state index in [0.717, 1.165) is 36.0 Å². The third kappa shape index (κ3) is 5.67. The lowest BCUT2D eigenvalue weighted by atomic mass is 9.88. The normalized spacial score (nSPS) is 15.4. The van der Waals surface area contributed by atoms with E-state index in [-0.39, 0.29) is 16.9 Å². The molecule has 7 heteroatoms. The highest BCUT2D eigenvalue weighted by Crippen LogP contribution is 2.34. The van der Waals surface area contributed by atoms with Crippen LogP contribution in [0.1, 0.15) is 70.2 Å². The van der Waals surface area contributed by atoms with Gasteiger partial charge in [-0.1, -0.05) is 63.8 Å². The van der Waals surface area contributed by atoms with Gasteiger partial charge in [-0.05, 0) is 58.5 Å². The van der Waals surface area contributed by atoms with E-state index in [1.54, 1.807) is 24.4 Å². The van der Waals surface area contributed by atoms with Gasteiger partial charge in [-0.2, -0.15) is 9.78 Å². The predicted octanol–water partition coefficient (Wildman–Crippen LogP) is 7.17. The van der Waals surface area contributed by atoms with Crippen LogP contribution in [0.5, 0.6) is 5.75 Å². The maximum atomic E-state index is 13.4. The zero-order chi connectivity index (χ0) is 23.6. The molecule has 0 amide bonds. The molecule has 174 valence electrons. The van der Waals surface area contributed by atoms with Gasteiger partial charge in [-0.3, -0.25) is 4.79 Å². The molecule has 5 nitrogen and oxygen atoms in total. The molecule has 33 heavy (non-hydrogen) atoms. The summed E-state index contributed by atoms with van der Waals surface area (Å²) in [5.74, 6) is 1.60. The zero-order valence-electron chi connectivity index (χ0n) is 19.3. The Hall–Kier alpha value is -2.18. The van der Waals surface area contributed by atoms with Gasteiger partial charge in [0.05, 0.1) is 28.2 Å². The highest BCUT2D eigenvalue weighted by atomic mass is 79.9. The number of aromatic nitrogens is 2. The third-order valence-electron chi connectivity index (χ3n) is 5.75. The number of benzene rings is 2. The molecule has 3 aromatic rings. The summed E-state index contributed by atoms with van der Waals surface area (Å²) in [6, 6.07) is 11.1. The van der Waals surface area contributed by atoms with Crippen LogP contribution in [0.2, 0.25) is 5.02 Å². The summed E-state index contributed by atoms with van der Waals surface area (Å²) < 4.78 is 8.34. The summed E-state index contributed by atoms with van der Waals surface area (Å²) in [6.07, 6.45) is 7.19. The molecule has 0 N–H and O–H groups in total. The summed E-state index contributed by atoms with van der Waals surface area (Å²) in [7, 11) is 0. The molecule has 1 aliphatic carbocycles. The standard InChI is InChI=1S/C26H29BrClN3O2/c1-26(2,3)16-33-23-18(13-19(28)14-21(23)27)15-29-31-24(17-9-5-4-6-10-17)30-22-12-8-7-11-20(22)25(31)32/h7-8,11-15,17H,4-6,9-10,16H2,1-3H3. The van der Waals surface area contributed by atoms with Crippen LogP contribution in [0, 0.1) is 5.41 Å². The molecule has 0 saturated heterocycles. The summed E-state index contributed by atoms with van der Waals surface area (Å²) in [6.45, 7) is 6.86. The van der Waals surface area contributed by atoms with Crippen molar-refractivity contribution in [1.82, 2.24) is 9.66 Å². The van der Waals surface area contributed by atoms with E-state index >= 15 is 0 Å². The number of para-hydroxylation sites is 1. The fourth-order valence-electron chi connectivity index (χ4n) is 4.11. The number of hydrogen-bond acceptors (Lipinski definition) is 4. The van der Waals surface area contributed by atoms with E-state index in [1.807, 2.05) is 18.2 Å². The van der Waals surface area contributed by atoms with Gasteiger partial charge in [-0.15, -0.1) is 0 Å². The highest BCUT2D eigenvalue weighted by Gasteiger charge is 2.22. The van der Waals surface area contributed by atoms with Gasteiger partial charge in [0.25, 0.3) is 5.56 Å². The number of hydrogen-bond donors (Lipinski definition) is 0. The lowest BCUT2D eigenvalue weighted by molar-refractivity contribution is 0.196. The first-order valence-corrected chi connectivity index (χ1v) is 12.6. The van der Waals surface area contributed by atoms with Crippen LogP contribution in [-0.2, 0) is 0 Å². The Bertz CT molecular complexity index is 1240. The SMILES string of the molecule is CC(C)(C)COc1c(Br)cc(Cl)cc1C=Nn1c(C2CCCCC2)nc2ccccc2c1=O. The molecule has 1 aliphatic rings. The van der Waals surface area contributed by atoms with Crippen LogP contribution < -0.4 is 10.3 Å².